The van der Waals surface area contributed by atoms with Gasteiger partial charge in [0.15, 0.2) is 0 Å². The van der Waals surface area contributed by atoms with Crippen LogP contribution in [0.2, 0.25) is 0 Å². The quantitative estimate of drug-likeness (QED) is 0.628. The fraction of sp³-hybridized carbons (Fsp3) is 0.364. The van der Waals surface area contributed by atoms with Crippen LogP contribution in [-0.4, -0.2) is 20.9 Å². The van der Waals surface area contributed by atoms with Crippen molar-refractivity contribution in [1.29, 1.82) is 0 Å². The first-order chi connectivity index (χ1) is 8.22. The Balaban J connectivity index is 1.91. The molecule has 6 nitrogen and oxygen atoms in total. The molecule has 1 aliphatic rings. The standard InChI is InChI=1S/C11H12N4O2/c16-15(17)8-4-5-9-10(6-8)14-11(13-9)12-7-2-1-3-7/h4-7H,1-3H2,(H2,12,13,14). The zero-order valence-corrected chi connectivity index (χ0v) is 9.14. The number of anilines is 1. The van der Waals surface area contributed by atoms with Gasteiger partial charge in [0, 0.05) is 18.2 Å². The zero-order chi connectivity index (χ0) is 11.8. The summed E-state index contributed by atoms with van der Waals surface area (Å²) in [6.07, 6.45) is 3.58. The van der Waals surface area contributed by atoms with Gasteiger partial charge in [-0.15, -0.1) is 0 Å². The highest BCUT2D eigenvalue weighted by Gasteiger charge is 2.18. The summed E-state index contributed by atoms with van der Waals surface area (Å²) >= 11 is 0. The zero-order valence-electron chi connectivity index (χ0n) is 9.14. The van der Waals surface area contributed by atoms with Gasteiger partial charge in [-0.05, 0) is 25.3 Å². The Morgan fingerprint density at radius 1 is 1.47 bits per heavy atom. The molecule has 0 aliphatic heterocycles. The minimum atomic E-state index is -0.403. The van der Waals surface area contributed by atoms with E-state index in [2.05, 4.69) is 15.3 Å². The first-order valence-corrected chi connectivity index (χ1v) is 5.63. The summed E-state index contributed by atoms with van der Waals surface area (Å²) in [5, 5.41) is 13.9. The lowest BCUT2D eigenvalue weighted by Crippen LogP contribution is -2.27. The summed E-state index contributed by atoms with van der Waals surface area (Å²) in [6, 6.07) is 5.13. The maximum atomic E-state index is 10.6. The van der Waals surface area contributed by atoms with Crippen molar-refractivity contribution in [3.8, 4) is 0 Å². The molecule has 1 aliphatic carbocycles. The third-order valence-electron chi connectivity index (χ3n) is 3.12. The van der Waals surface area contributed by atoms with Crippen LogP contribution in [0.1, 0.15) is 19.3 Å². The Hall–Kier alpha value is -2.11. The van der Waals surface area contributed by atoms with Gasteiger partial charge in [0.2, 0.25) is 5.95 Å². The maximum absolute atomic E-state index is 10.6. The Bertz CT molecular complexity index is 574. The van der Waals surface area contributed by atoms with Gasteiger partial charge >= 0.3 is 0 Å². The normalized spacial score (nSPS) is 15.8. The predicted octanol–water partition coefficient (Wildman–Crippen LogP) is 2.44. The molecule has 1 aromatic carbocycles. The number of aromatic nitrogens is 2. The first-order valence-electron chi connectivity index (χ1n) is 5.63. The second-order valence-electron chi connectivity index (χ2n) is 4.32. The molecular weight excluding hydrogens is 220 g/mol. The average Bonchev–Trinajstić information content (AvgIpc) is 2.64. The van der Waals surface area contributed by atoms with Gasteiger partial charge in [-0.25, -0.2) is 4.98 Å². The molecule has 0 spiro atoms. The number of hydrogen-bond acceptors (Lipinski definition) is 4. The largest absolute Gasteiger partial charge is 0.353 e. The van der Waals surface area contributed by atoms with Gasteiger partial charge < -0.3 is 10.3 Å². The lowest BCUT2D eigenvalue weighted by Gasteiger charge is -2.25. The van der Waals surface area contributed by atoms with Crippen molar-refractivity contribution >= 4 is 22.7 Å². The van der Waals surface area contributed by atoms with Crippen molar-refractivity contribution < 1.29 is 4.92 Å². The second-order valence-corrected chi connectivity index (χ2v) is 4.32. The molecule has 6 heteroatoms. The summed E-state index contributed by atoms with van der Waals surface area (Å²) in [5.41, 5.74) is 1.52. The molecule has 0 saturated heterocycles. The number of benzene rings is 1. The van der Waals surface area contributed by atoms with Gasteiger partial charge in [-0.2, -0.15) is 0 Å². The summed E-state index contributed by atoms with van der Waals surface area (Å²) in [4.78, 5) is 17.6. The lowest BCUT2D eigenvalue weighted by atomic mass is 9.93. The highest BCUT2D eigenvalue weighted by Crippen LogP contribution is 2.24. The number of nitro groups is 1. The van der Waals surface area contributed by atoms with Crippen LogP contribution < -0.4 is 5.32 Å². The molecule has 88 valence electrons. The molecule has 0 radical (unpaired) electrons. The van der Waals surface area contributed by atoms with Gasteiger partial charge in [0.25, 0.3) is 5.69 Å². The summed E-state index contributed by atoms with van der Waals surface area (Å²) in [5.74, 6) is 0.699. The van der Waals surface area contributed by atoms with Gasteiger partial charge in [-0.1, -0.05) is 0 Å². The van der Waals surface area contributed by atoms with Crippen LogP contribution in [0.4, 0.5) is 11.6 Å². The number of nitrogens with one attached hydrogen (secondary N) is 2. The van der Waals surface area contributed by atoms with Crippen LogP contribution in [0, 0.1) is 10.1 Å². The Labute approximate surface area is 97.2 Å². The molecule has 17 heavy (non-hydrogen) atoms. The van der Waals surface area contributed by atoms with Crippen molar-refractivity contribution in [3.05, 3.63) is 28.3 Å². The summed E-state index contributed by atoms with van der Waals surface area (Å²) in [6.45, 7) is 0. The third-order valence-corrected chi connectivity index (χ3v) is 3.12. The minimum Gasteiger partial charge on any atom is -0.353 e. The SMILES string of the molecule is O=[N+]([O-])c1ccc2nc(NC3CCC3)[nH]c2c1. The third kappa shape index (κ3) is 1.82. The fourth-order valence-corrected chi connectivity index (χ4v) is 1.93. The Morgan fingerprint density at radius 3 is 2.94 bits per heavy atom. The highest BCUT2D eigenvalue weighted by atomic mass is 16.6. The van der Waals surface area contributed by atoms with E-state index in [0.29, 0.717) is 17.5 Å². The molecule has 0 unspecified atom stereocenters. The summed E-state index contributed by atoms with van der Waals surface area (Å²) in [7, 11) is 0. The van der Waals surface area contributed by atoms with E-state index < -0.39 is 4.92 Å². The fourth-order valence-electron chi connectivity index (χ4n) is 1.93. The van der Waals surface area contributed by atoms with Gasteiger partial charge in [0.1, 0.15) is 0 Å². The van der Waals surface area contributed by atoms with Crippen molar-refractivity contribution in [1.82, 2.24) is 9.97 Å². The Morgan fingerprint density at radius 2 is 2.29 bits per heavy atom. The Kier molecular flexibility index (Phi) is 2.21. The van der Waals surface area contributed by atoms with Crippen molar-refractivity contribution in [2.24, 2.45) is 0 Å². The molecule has 1 fully saturated rings. The molecule has 0 atom stereocenters. The van der Waals surface area contributed by atoms with E-state index in [1.54, 1.807) is 6.07 Å². The number of nitrogens with zero attached hydrogens (tertiary/aromatic N) is 2. The van der Waals surface area contributed by atoms with Crippen LogP contribution >= 0.6 is 0 Å². The van der Waals surface area contributed by atoms with Crippen molar-refractivity contribution in [2.75, 3.05) is 5.32 Å². The molecule has 1 aromatic heterocycles. The first kappa shape index (κ1) is 10.1. The average molecular weight is 232 g/mol. The number of non-ortho nitro benzene ring substituents is 1. The molecule has 2 N–H and O–H groups in total. The number of hydrogen-bond donors (Lipinski definition) is 2. The molecule has 3 rings (SSSR count). The van der Waals surface area contributed by atoms with Gasteiger partial charge in [-0.3, -0.25) is 10.1 Å². The van der Waals surface area contributed by atoms with E-state index in [1.807, 2.05) is 0 Å². The van der Waals surface area contributed by atoms with E-state index in [0.717, 1.165) is 18.4 Å². The van der Waals surface area contributed by atoms with E-state index >= 15 is 0 Å². The molecule has 0 bridgehead atoms. The molecular formula is C11H12N4O2. The molecule has 1 saturated carbocycles. The number of rotatable bonds is 3. The van der Waals surface area contributed by atoms with E-state index in [9.17, 15) is 10.1 Å². The second kappa shape index (κ2) is 3.73. The van der Waals surface area contributed by atoms with Crippen LogP contribution in [0.15, 0.2) is 18.2 Å². The molecule has 2 aromatic rings. The number of aromatic amines is 1. The highest BCUT2D eigenvalue weighted by molar-refractivity contribution is 5.79. The number of fused-ring (bicyclic) bond motifs is 1. The monoisotopic (exact) mass is 232 g/mol. The lowest BCUT2D eigenvalue weighted by molar-refractivity contribution is -0.384. The summed E-state index contributed by atoms with van der Waals surface area (Å²) < 4.78 is 0. The van der Waals surface area contributed by atoms with E-state index in [-0.39, 0.29) is 5.69 Å². The van der Waals surface area contributed by atoms with Crippen LogP contribution in [0.25, 0.3) is 11.0 Å². The maximum Gasteiger partial charge on any atom is 0.271 e. The topological polar surface area (TPSA) is 83.8 Å². The van der Waals surface area contributed by atoms with E-state index in [1.165, 1.54) is 18.6 Å². The number of imidazole rings is 1. The molecule has 1 heterocycles. The predicted molar refractivity (Wildman–Crippen MR) is 64.0 cm³/mol. The smallest absolute Gasteiger partial charge is 0.271 e. The number of nitro benzene ring substituents is 1. The van der Waals surface area contributed by atoms with Crippen LogP contribution in [0.3, 0.4) is 0 Å². The molecule has 0 amide bonds. The number of H-pyrrole nitrogens is 1. The van der Waals surface area contributed by atoms with Crippen LogP contribution in [-0.2, 0) is 0 Å². The minimum absolute atomic E-state index is 0.0799. The van der Waals surface area contributed by atoms with Crippen molar-refractivity contribution in [3.63, 3.8) is 0 Å². The van der Waals surface area contributed by atoms with E-state index in [4.69, 9.17) is 0 Å². The van der Waals surface area contributed by atoms with Crippen LogP contribution in [0.5, 0.6) is 0 Å². The van der Waals surface area contributed by atoms with Crippen molar-refractivity contribution in [2.45, 2.75) is 25.3 Å². The van der Waals surface area contributed by atoms with Gasteiger partial charge in [0.05, 0.1) is 16.0 Å².